The van der Waals surface area contributed by atoms with Crippen molar-refractivity contribution in [1.29, 1.82) is 0 Å². The zero-order valence-corrected chi connectivity index (χ0v) is 11.9. The van der Waals surface area contributed by atoms with Gasteiger partial charge < -0.3 is 14.4 Å². The van der Waals surface area contributed by atoms with Gasteiger partial charge in [0.1, 0.15) is 5.75 Å². The van der Waals surface area contributed by atoms with E-state index in [1.807, 2.05) is 35.9 Å². The van der Waals surface area contributed by atoms with Crippen molar-refractivity contribution in [3.63, 3.8) is 0 Å². The highest BCUT2D eigenvalue weighted by atomic mass is 16.5. The third-order valence-corrected chi connectivity index (χ3v) is 2.95. The minimum Gasteiger partial charge on any atom is -0.493 e. The van der Waals surface area contributed by atoms with Crippen LogP contribution in [0.3, 0.4) is 0 Å². The van der Waals surface area contributed by atoms with E-state index in [1.165, 1.54) is 0 Å². The summed E-state index contributed by atoms with van der Waals surface area (Å²) in [6.07, 6.45) is 8.95. The van der Waals surface area contributed by atoms with E-state index < -0.39 is 5.97 Å². The maximum atomic E-state index is 10.6. The molecule has 2 aromatic rings. The topological polar surface area (TPSA) is 64.4 Å². The van der Waals surface area contributed by atoms with Crippen molar-refractivity contribution in [1.82, 2.24) is 9.55 Å². The van der Waals surface area contributed by atoms with Gasteiger partial charge in [-0.15, -0.1) is 0 Å². The Labute approximate surface area is 123 Å². The van der Waals surface area contributed by atoms with E-state index in [0.29, 0.717) is 12.4 Å². The average Bonchev–Trinajstić information content (AvgIpc) is 2.96. The number of aliphatic carboxylic acids is 1. The van der Waals surface area contributed by atoms with Crippen LogP contribution in [0.4, 0.5) is 0 Å². The van der Waals surface area contributed by atoms with Gasteiger partial charge in [0.2, 0.25) is 0 Å². The number of carboxylic acids is 1. The minimum absolute atomic E-state index is 0.565. The smallest absolute Gasteiger partial charge is 0.328 e. The summed E-state index contributed by atoms with van der Waals surface area (Å²) in [6, 6.07) is 5.72. The number of carbonyl (C=O) groups is 1. The van der Waals surface area contributed by atoms with Crippen LogP contribution in [-0.4, -0.2) is 27.2 Å². The Morgan fingerprint density at radius 2 is 2.33 bits per heavy atom. The van der Waals surface area contributed by atoms with Crippen LogP contribution in [0, 0.1) is 6.92 Å². The van der Waals surface area contributed by atoms with E-state index in [9.17, 15) is 4.79 Å². The minimum atomic E-state index is -0.970. The Balaban J connectivity index is 1.93. The molecule has 0 spiro atoms. The van der Waals surface area contributed by atoms with Crippen molar-refractivity contribution < 1.29 is 14.6 Å². The fourth-order valence-corrected chi connectivity index (χ4v) is 1.94. The molecule has 0 unspecified atom stereocenters. The summed E-state index contributed by atoms with van der Waals surface area (Å²) in [5, 5.41) is 8.72. The van der Waals surface area contributed by atoms with Crippen molar-refractivity contribution in [3.8, 4) is 5.75 Å². The van der Waals surface area contributed by atoms with Gasteiger partial charge in [-0.25, -0.2) is 9.78 Å². The van der Waals surface area contributed by atoms with Crippen LogP contribution in [0.2, 0.25) is 0 Å². The van der Waals surface area contributed by atoms with E-state index in [-0.39, 0.29) is 0 Å². The molecule has 2 rings (SSSR count). The Kier molecular flexibility index (Phi) is 5.15. The molecule has 5 nitrogen and oxygen atoms in total. The number of rotatable bonds is 7. The van der Waals surface area contributed by atoms with Gasteiger partial charge in [-0.05, 0) is 31.6 Å². The second-order valence-electron chi connectivity index (χ2n) is 4.72. The number of carboxylic acid groups (broad SMARTS) is 1. The van der Waals surface area contributed by atoms with Crippen molar-refractivity contribution in [2.24, 2.45) is 0 Å². The number of imidazole rings is 1. The van der Waals surface area contributed by atoms with Crippen molar-refractivity contribution in [2.75, 3.05) is 6.61 Å². The van der Waals surface area contributed by atoms with E-state index in [4.69, 9.17) is 9.84 Å². The summed E-state index contributed by atoms with van der Waals surface area (Å²) in [7, 11) is 0. The first-order valence-electron chi connectivity index (χ1n) is 6.75. The molecule has 0 aliphatic carbocycles. The molecule has 21 heavy (non-hydrogen) atoms. The van der Waals surface area contributed by atoms with Crippen LogP contribution in [0.5, 0.6) is 5.75 Å². The Bertz CT molecular complexity index is 618. The number of nitrogens with zero attached hydrogens (tertiary/aromatic N) is 2. The van der Waals surface area contributed by atoms with Crippen molar-refractivity contribution in [3.05, 3.63) is 54.1 Å². The molecule has 1 N–H and O–H groups in total. The lowest BCUT2D eigenvalue weighted by atomic mass is 10.1. The summed E-state index contributed by atoms with van der Waals surface area (Å²) in [5.41, 5.74) is 1.84. The Morgan fingerprint density at radius 3 is 3.05 bits per heavy atom. The van der Waals surface area contributed by atoms with Gasteiger partial charge in [0.15, 0.2) is 0 Å². The fraction of sp³-hybridized carbons (Fsp3) is 0.250. The molecule has 0 amide bonds. The lowest BCUT2D eigenvalue weighted by Gasteiger charge is -2.10. The van der Waals surface area contributed by atoms with Crippen LogP contribution in [0.25, 0.3) is 6.08 Å². The highest BCUT2D eigenvalue weighted by Gasteiger charge is 2.02. The van der Waals surface area contributed by atoms with E-state index in [0.717, 1.165) is 30.2 Å². The zero-order valence-electron chi connectivity index (χ0n) is 11.9. The number of aromatic nitrogens is 2. The number of ether oxygens (including phenoxy) is 1. The normalized spacial score (nSPS) is 10.9. The molecule has 110 valence electrons. The lowest BCUT2D eigenvalue weighted by molar-refractivity contribution is -0.131. The molecule has 0 radical (unpaired) electrons. The second kappa shape index (κ2) is 7.28. The summed E-state index contributed by atoms with van der Waals surface area (Å²) >= 11 is 0. The molecule has 1 heterocycles. The summed E-state index contributed by atoms with van der Waals surface area (Å²) < 4.78 is 7.73. The van der Waals surface area contributed by atoms with Crippen LogP contribution < -0.4 is 4.74 Å². The number of hydrogen-bond acceptors (Lipinski definition) is 3. The number of hydrogen-bond donors (Lipinski definition) is 1. The summed E-state index contributed by atoms with van der Waals surface area (Å²) in [6.45, 7) is 3.36. The molecule has 0 atom stereocenters. The van der Waals surface area contributed by atoms with Crippen molar-refractivity contribution >= 4 is 12.0 Å². The lowest BCUT2D eigenvalue weighted by Crippen LogP contribution is -2.04. The molecule has 0 saturated heterocycles. The highest BCUT2D eigenvalue weighted by molar-refractivity contribution is 5.85. The molecule has 0 aliphatic heterocycles. The monoisotopic (exact) mass is 286 g/mol. The van der Waals surface area contributed by atoms with E-state index in [2.05, 4.69) is 4.98 Å². The highest BCUT2D eigenvalue weighted by Crippen LogP contribution is 2.21. The molecular formula is C16H18N2O3. The van der Waals surface area contributed by atoms with Gasteiger partial charge in [0, 0.05) is 30.6 Å². The quantitative estimate of drug-likeness (QED) is 0.628. The third kappa shape index (κ3) is 4.80. The summed E-state index contributed by atoms with van der Waals surface area (Å²) in [5.74, 6) is -0.272. The van der Waals surface area contributed by atoms with Crippen LogP contribution in [0.1, 0.15) is 17.5 Å². The van der Waals surface area contributed by atoms with E-state index >= 15 is 0 Å². The Morgan fingerprint density at radius 1 is 1.48 bits per heavy atom. The maximum Gasteiger partial charge on any atom is 0.328 e. The number of aryl methyl sites for hydroxylation is 2. The van der Waals surface area contributed by atoms with Gasteiger partial charge in [-0.1, -0.05) is 11.6 Å². The third-order valence-electron chi connectivity index (χ3n) is 2.95. The van der Waals surface area contributed by atoms with Crippen LogP contribution in [0.15, 0.2) is 43.0 Å². The standard InChI is InChI=1S/C16H18N2O3/c1-13-3-5-15(14(11-13)4-6-16(19)20)21-10-2-8-18-9-7-17-12-18/h3-7,9,11-12H,2,8,10H2,1H3,(H,19,20). The van der Waals surface area contributed by atoms with E-state index in [1.54, 1.807) is 18.6 Å². The van der Waals surface area contributed by atoms with Crippen molar-refractivity contribution in [2.45, 2.75) is 19.9 Å². The maximum absolute atomic E-state index is 10.6. The van der Waals surface area contributed by atoms with Gasteiger partial charge in [-0.3, -0.25) is 0 Å². The van der Waals surface area contributed by atoms with Gasteiger partial charge in [0.05, 0.1) is 12.9 Å². The predicted octanol–water partition coefficient (Wildman–Crippen LogP) is 2.76. The van der Waals surface area contributed by atoms with Gasteiger partial charge in [-0.2, -0.15) is 0 Å². The molecule has 1 aromatic carbocycles. The largest absolute Gasteiger partial charge is 0.493 e. The molecule has 0 aliphatic rings. The molecule has 5 heteroatoms. The second-order valence-corrected chi connectivity index (χ2v) is 4.72. The fourth-order valence-electron chi connectivity index (χ4n) is 1.94. The first-order chi connectivity index (χ1) is 10.1. The van der Waals surface area contributed by atoms with Crippen LogP contribution in [-0.2, 0) is 11.3 Å². The van der Waals surface area contributed by atoms with Gasteiger partial charge in [0.25, 0.3) is 0 Å². The number of benzene rings is 1. The molecular weight excluding hydrogens is 268 g/mol. The predicted molar refractivity (Wildman–Crippen MR) is 80.2 cm³/mol. The van der Waals surface area contributed by atoms with Crippen LogP contribution >= 0.6 is 0 Å². The molecule has 1 aromatic heterocycles. The molecule has 0 bridgehead atoms. The first-order valence-corrected chi connectivity index (χ1v) is 6.75. The first kappa shape index (κ1) is 14.8. The van der Waals surface area contributed by atoms with Gasteiger partial charge >= 0.3 is 5.97 Å². The molecule has 0 saturated carbocycles. The SMILES string of the molecule is Cc1ccc(OCCCn2ccnc2)c(C=CC(=O)O)c1. The molecule has 0 fully saturated rings. The Hall–Kier alpha value is -2.56. The summed E-state index contributed by atoms with van der Waals surface area (Å²) in [4.78, 5) is 14.6. The zero-order chi connectivity index (χ0) is 15.1. The average molecular weight is 286 g/mol.